The van der Waals surface area contributed by atoms with Crippen LogP contribution in [0.5, 0.6) is 0 Å². The van der Waals surface area contributed by atoms with Crippen molar-refractivity contribution in [1.82, 2.24) is 14.5 Å². The summed E-state index contributed by atoms with van der Waals surface area (Å²) in [5, 5.41) is 3.46. The lowest BCUT2D eigenvalue weighted by Gasteiger charge is -2.15. The number of sulfonamides is 1. The number of aryl methyl sites for hydroxylation is 1. The molecule has 0 aliphatic carbocycles. The highest BCUT2D eigenvalue weighted by atomic mass is 32.2. The summed E-state index contributed by atoms with van der Waals surface area (Å²) in [5.41, 5.74) is 1.01. The Kier molecular flexibility index (Phi) is 5.55. The number of rotatable bonds is 6. The SMILES string of the molecule is CC(C)CC(C)S(=O)(=O)NC(=O)c1cc(C(C)C)n(C)n1. The van der Waals surface area contributed by atoms with Gasteiger partial charge in [0.25, 0.3) is 5.91 Å². The third-order valence-corrected chi connectivity index (χ3v) is 5.03. The minimum absolute atomic E-state index is 0.126. The molecule has 0 saturated carbocycles. The van der Waals surface area contributed by atoms with Crippen LogP contribution in [0.15, 0.2) is 6.07 Å². The zero-order valence-electron chi connectivity index (χ0n) is 13.5. The number of aromatic nitrogens is 2. The average molecular weight is 315 g/mol. The van der Waals surface area contributed by atoms with E-state index in [0.717, 1.165) is 5.69 Å². The minimum Gasteiger partial charge on any atom is -0.272 e. The first-order valence-electron chi connectivity index (χ1n) is 7.14. The second-order valence-corrected chi connectivity index (χ2v) is 8.25. The van der Waals surface area contributed by atoms with Gasteiger partial charge in [0.05, 0.1) is 5.25 Å². The van der Waals surface area contributed by atoms with Crippen molar-refractivity contribution < 1.29 is 13.2 Å². The molecule has 6 nitrogen and oxygen atoms in total. The topological polar surface area (TPSA) is 81.1 Å². The Morgan fingerprint density at radius 3 is 2.29 bits per heavy atom. The largest absolute Gasteiger partial charge is 0.285 e. The highest BCUT2D eigenvalue weighted by Crippen LogP contribution is 2.16. The monoisotopic (exact) mass is 315 g/mol. The van der Waals surface area contributed by atoms with E-state index in [1.54, 1.807) is 24.7 Å². The summed E-state index contributed by atoms with van der Waals surface area (Å²) in [6.45, 7) is 9.47. The molecule has 0 aliphatic rings. The number of hydrogen-bond donors (Lipinski definition) is 1. The van der Waals surface area contributed by atoms with Gasteiger partial charge in [-0.15, -0.1) is 0 Å². The standard InChI is InChI=1S/C14H25N3O3S/c1-9(2)7-11(5)21(19,20)16-14(18)12-8-13(10(3)4)17(6)15-12/h8-11H,7H2,1-6H3,(H,16,18). The molecule has 21 heavy (non-hydrogen) atoms. The smallest absolute Gasteiger partial charge is 0.272 e. The number of nitrogens with one attached hydrogen (secondary N) is 1. The molecule has 0 saturated heterocycles. The fourth-order valence-electron chi connectivity index (χ4n) is 2.21. The Balaban J connectivity index is 2.88. The molecule has 0 aliphatic heterocycles. The molecule has 1 aromatic heterocycles. The van der Waals surface area contributed by atoms with Gasteiger partial charge in [0.1, 0.15) is 0 Å². The highest BCUT2D eigenvalue weighted by Gasteiger charge is 2.26. The Bertz CT molecular complexity index is 603. The molecule has 0 fully saturated rings. The van der Waals surface area contributed by atoms with Gasteiger partial charge in [-0.2, -0.15) is 5.10 Å². The lowest BCUT2D eigenvalue weighted by Crippen LogP contribution is -2.37. The molecule has 1 atom stereocenters. The van der Waals surface area contributed by atoms with Crippen molar-refractivity contribution in [3.8, 4) is 0 Å². The Labute approximate surface area is 127 Å². The molecule has 1 rings (SSSR count). The Morgan fingerprint density at radius 1 is 1.29 bits per heavy atom. The second-order valence-electron chi connectivity index (χ2n) is 6.15. The molecule has 1 aromatic rings. The molecule has 0 radical (unpaired) electrons. The number of nitrogens with zero attached hydrogens (tertiary/aromatic N) is 2. The molecule has 1 N–H and O–H groups in total. The fraction of sp³-hybridized carbons (Fsp3) is 0.714. The lowest BCUT2D eigenvalue weighted by molar-refractivity contribution is 0.0975. The van der Waals surface area contributed by atoms with Crippen molar-refractivity contribution in [3.63, 3.8) is 0 Å². The molecule has 1 amide bonds. The van der Waals surface area contributed by atoms with E-state index in [2.05, 4.69) is 9.82 Å². The summed E-state index contributed by atoms with van der Waals surface area (Å²) in [7, 11) is -1.94. The van der Waals surface area contributed by atoms with Crippen LogP contribution in [0.1, 0.15) is 63.1 Å². The first-order chi connectivity index (χ1) is 9.54. The first kappa shape index (κ1) is 17.7. The van der Waals surface area contributed by atoms with E-state index in [-0.39, 0.29) is 17.5 Å². The van der Waals surface area contributed by atoms with Gasteiger partial charge in [-0.05, 0) is 31.2 Å². The zero-order valence-corrected chi connectivity index (χ0v) is 14.4. The van der Waals surface area contributed by atoms with Crippen LogP contribution in [0.4, 0.5) is 0 Å². The number of amides is 1. The quantitative estimate of drug-likeness (QED) is 0.871. The summed E-state index contributed by atoms with van der Waals surface area (Å²) < 4.78 is 27.9. The number of carbonyl (C=O) groups excluding carboxylic acids is 1. The van der Waals surface area contributed by atoms with Gasteiger partial charge in [0.2, 0.25) is 10.0 Å². The number of carbonyl (C=O) groups is 1. The summed E-state index contributed by atoms with van der Waals surface area (Å²) in [6, 6.07) is 1.63. The van der Waals surface area contributed by atoms with Crippen LogP contribution in [-0.2, 0) is 17.1 Å². The molecule has 1 unspecified atom stereocenters. The molecule has 0 spiro atoms. The summed E-state index contributed by atoms with van der Waals surface area (Å²) in [5.74, 6) is -0.220. The number of hydrogen-bond acceptors (Lipinski definition) is 4. The normalized spacial score (nSPS) is 13.7. The molecule has 0 aromatic carbocycles. The predicted molar refractivity (Wildman–Crippen MR) is 82.6 cm³/mol. The molecular formula is C14H25N3O3S. The summed E-state index contributed by atoms with van der Waals surface area (Å²) in [4.78, 5) is 12.1. The van der Waals surface area contributed by atoms with E-state index in [1.165, 1.54) is 0 Å². The van der Waals surface area contributed by atoms with Gasteiger partial charge in [0, 0.05) is 12.7 Å². The van der Waals surface area contributed by atoms with Crippen LogP contribution >= 0.6 is 0 Å². The van der Waals surface area contributed by atoms with Gasteiger partial charge in [-0.3, -0.25) is 9.48 Å². The second kappa shape index (κ2) is 6.60. The van der Waals surface area contributed by atoms with E-state index in [9.17, 15) is 13.2 Å². The Morgan fingerprint density at radius 2 is 1.86 bits per heavy atom. The van der Waals surface area contributed by atoms with Crippen LogP contribution in [0, 0.1) is 5.92 Å². The summed E-state index contributed by atoms with van der Waals surface area (Å²) >= 11 is 0. The third-order valence-electron chi connectivity index (χ3n) is 3.31. The maximum absolute atomic E-state index is 12.1. The molecule has 0 bridgehead atoms. The van der Waals surface area contributed by atoms with E-state index in [4.69, 9.17) is 0 Å². The maximum Gasteiger partial charge on any atom is 0.285 e. The van der Waals surface area contributed by atoms with Crippen LogP contribution in [0.3, 0.4) is 0 Å². The molecule has 120 valence electrons. The minimum atomic E-state index is -3.68. The van der Waals surface area contributed by atoms with Crippen molar-refractivity contribution in [2.45, 2.75) is 52.2 Å². The van der Waals surface area contributed by atoms with Gasteiger partial charge >= 0.3 is 0 Å². The first-order valence-corrected chi connectivity index (χ1v) is 8.69. The lowest BCUT2D eigenvalue weighted by atomic mass is 10.1. The molecule has 1 heterocycles. The third kappa shape index (κ3) is 4.56. The van der Waals surface area contributed by atoms with Crippen LogP contribution in [0.2, 0.25) is 0 Å². The van der Waals surface area contributed by atoms with Gasteiger partial charge in [0.15, 0.2) is 5.69 Å². The zero-order chi connectivity index (χ0) is 16.4. The van der Waals surface area contributed by atoms with Crippen molar-refractivity contribution in [2.24, 2.45) is 13.0 Å². The van der Waals surface area contributed by atoms with E-state index in [0.29, 0.717) is 6.42 Å². The van der Waals surface area contributed by atoms with Crippen LogP contribution < -0.4 is 4.72 Å². The van der Waals surface area contributed by atoms with E-state index >= 15 is 0 Å². The highest BCUT2D eigenvalue weighted by molar-refractivity contribution is 7.90. The summed E-state index contributed by atoms with van der Waals surface area (Å²) in [6.07, 6.45) is 0.502. The van der Waals surface area contributed by atoms with Gasteiger partial charge < -0.3 is 0 Å². The van der Waals surface area contributed by atoms with Crippen molar-refractivity contribution in [1.29, 1.82) is 0 Å². The Hall–Kier alpha value is -1.37. The van der Waals surface area contributed by atoms with Crippen molar-refractivity contribution >= 4 is 15.9 Å². The molecular weight excluding hydrogens is 290 g/mol. The van der Waals surface area contributed by atoms with Crippen molar-refractivity contribution in [2.75, 3.05) is 0 Å². The average Bonchev–Trinajstić information content (AvgIpc) is 2.70. The van der Waals surface area contributed by atoms with E-state index < -0.39 is 21.2 Å². The van der Waals surface area contributed by atoms with Gasteiger partial charge in [-0.1, -0.05) is 27.7 Å². The van der Waals surface area contributed by atoms with E-state index in [1.807, 2.05) is 27.7 Å². The van der Waals surface area contributed by atoms with Crippen molar-refractivity contribution in [3.05, 3.63) is 17.5 Å². The van der Waals surface area contributed by atoms with Gasteiger partial charge in [-0.25, -0.2) is 13.1 Å². The maximum atomic E-state index is 12.1. The van der Waals surface area contributed by atoms with Crippen LogP contribution in [0.25, 0.3) is 0 Å². The molecule has 7 heteroatoms. The fourth-order valence-corrected chi connectivity index (χ4v) is 3.41. The van der Waals surface area contributed by atoms with Crippen LogP contribution in [-0.4, -0.2) is 29.4 Å². The predicted octanol–water partition coefficient (Wildman–Crippen LogP) is 2.04.